The second-order valence-electron chi connectivity index (χ2n) is 5.52. The maximum Gasteiger partial charge on any atom is 0.306 e. The first-order chi connectivity index (χ1) is 9.74. The maximum absolute atomic E-state index is 12.4. The van der Waals surface area contributed by atoms with Crippen molar-refractivity contribution in [2.24, 2.45) is 5.92 Å². The molecule has 7 heteroatoms. The first-order valence-electron chi connectivity index (χ1n) is 6.89. The Kier molecular flexibility index (Phi) is 2.75. The maximum atomic E-state index is 12.4. The normalized spacial score (nSPS) is 29.2. The lowest BCUT2D eigenvalue weighted by Gasteiger charge is -2.43. The summed E-state index contributed by atoms with van der Waals surface area (Å²) in [6, 6.07) is -0.0276. The Labute approximate surface area is 120 Å². The van der Waals surface area contributed by atoms with Crippen molar-refractivity contribution in [1.29, 1.82) is 0 Å². The van der Waals surface area contributed by atoms with Gasteiger partial charge in [0, 0.05) is 5.92 Å². The van der Waals surface area contributed by atoms with Crippen molar-refractivity contribution in [2.45, 2.75) is 25.4 Å². The highest BCUT2D eigenvalue weighted by Crippen LogP contribution is 2.29. The highest BCUT2D eigenvalue weighted by Gasteiger charge is 2.41. The van der Waals surface area contributed by atoms with Gasteiger partial charge >= 0.3 is 5.65 Å². The molecule has 20 heavy (non-hydrogen) atoms. The molecule has 0 amide bonds. The monoisotopic (exact) mass is 292 g/mol. The molecule has 0 aliphatic carbocycles. The van der Waals surface area contributed by atoms with Crippen LogP contribution in [0.5, 0.6) is 0 Å². The molecule has 104 valence electrons. The number of H-pyrrole nitrogens is 1. The third-order valence-corrected chi connectivity index (χ3v) is 4.78. The molecule has 0 spiro atoms. The number of hydrogen-bond acceptors (Lipinski definition) is 4. The highest BCUT2D eigenvalue weighted by atomic mass is 35.5. The number of halogens is 1. The van der Waals surface area contributed by atoms with Gasteiger partial charge in [-0.3, -0.25) is 14.7 Å². The van der Waals surface area contributed by atoms with E-state index >= 15 is 0 Å². The van der Waals surface area contributed by atoms with Gasteiger partial charge in [0.05, 0.1) is 6.54 Å². The first kappa shape index (κ1) is 12.2. The topological polar surface area (TPSA) is 65.8 Å². The number of carbonyl (C=O) groups excluding carboxylic acids is 1. The van der Waals surface area contributed by atoms with Crippen molar-refractivity contribution in [3.63, 3.8) is 0 Å². The van der Waals surface area contributed by atoms with Gasteiger partial charge in [0.1, 0.15) is 6.04 Å². The van der Waals surface area contributed by atoms with Crippen LogP contribution in [0.4, 0.5) is 0 Å². The summed E-state index contributed by atoms with van der Waals surface area (Å²) in [4.78, 5) is 26.0. The van der Waals surface area contributed by atoms with Crippen molar-refractivity contribution in [2.75, 3.05) is 13.1 Å². The largest absolute Gasteiger partial charge is 0.306 e. The number of aromatic amines is 1. The van der Waals surface area contributed by atoms with Crippen LogP contribution >= 0.6 is 11.6 Å². The summed E-state index contributed by atoms with van der Waals surface area (Å²) in [7, 11) is 0. The molecule has 3 saturated heterocycles. The van der Waals surface area contributed by atoms with Crippen LogP contribution in [0.25, 0.3) is 11.2 Å². The molecule has 3 fully saturated rings. The van der Waals surface area contributed by atoms with E-state index in [1.165, 1.54) is 6.33 Å². The van der Waals surface area contributed by atoms with Crippen molar-refractivity contribution in [1.82, 2.24) is 19.9 Å². The molecule has 1 N–H and O–H groups in total. The standard InChI is InChI=1S/C13H14ClN5O/c14-12-10-13(16-6-15-12)19(7-17-10)5-9-11(20)8-1-3-18(9)4-2-8/h6-9H,1-5H2/p+1. The lowest BCUT2D eigenvalue weighted by atomic mass is 9.82. The quantitative estimate of drug-likeness (QED) is 0.649. The van der Waals surface area contributed by atoms with Gasteiger partial charge in [0.15, 0.2) is 23.6 Å². The minimum atomic E-state index is -0.0276. The number of imidazole rings is 1. The fraction of sp³-hybridized carbons (Fsp3) is 0.538. The Morgan fingerprint density at radius 1 is 1.40 bits per heavy atom. The molecule has 5 rings (SSSR count). The van der Waals surface area contributed by atoms with Crippen LogP contribution in [-0.2, 0) is 11.3 Å². The summed E-state index contributed by atoms with van der Waals surface area (Å²) in [5.74, 6) is 0.638. The predicted octanol–water partition coefficient (Wildman–Crippen LogP) is 0.562. The highest BCUT2D eigenvalue weighted by molar-refractivity contribution is 6.33. The van der Waals surface area contributed by atoms with Gasteiger partial charge < -0.3 is 0 Å². The molecule has 0 saturated carbocycles. The van der Waals surface area contributed by atoms with Crippen molar-refractivity contribution in [3.8, 4) is 0 Å². The Balaban J connectivity index is 1.68. The number of nitrogens with zero attached hydrogens (tertiary/aromatic N) is 4. The lowest BCUT2D eigenvalue weighted by molar-refractivity contribution is -0.676. The molecule has 0 radical (unpaired) electrons. The summed E-state index contributed by atoms with van der Waals surface area (Å²) in [5, 5.41) is 0.408. The molecule has 1 atom stereocenters. The van der Waals surface area contributed by atoms with Crippen LogP contribution in [-0.4, -0.2) is 44.8 Å². The predicted molar refractivity (Wildman–Crippen MR) is 72.2 cm³/mol. The molecule has 3 aliphatic heterocycles. The van der Waals surface area contributed by atoms with E-state index in [4.69, 9.17) is 11.6 Å². The van der Waals surface area contributed by atoms with Gasteiger partial charge in [-0.05, 0) is 25.9 Å². The smallest absolute Gasteiger partial charge is 0.297 e. The van der Waals surface area contributed by atoms with Gasteiger partial charge in [0.2, 0.25) is 5.52 Å². The number of Topliss-reactive ketones (excluding diaryl/α,β-unsaturated/α-hetero) is 1. The number of nitrogens with one attached hydrogen (secondary N) is 1. The summed E-state index contributed by atoms with van der Waals surface area (Å²) >= 11 is 6.03. The second-order valence-corrected chi connectivity index (χ2v) is 5.88. The fourth-order valence-corrected chi connectivity index (χ4v) is 3.56. The average molecular weight is 293 g/mol. The van der Waals surface area contributed by atoms with Crippen LogP contribution in [0.15, 0.2) is 12.7 Å². The molecule has 2 aromatic rings. The van der Waals surface area contributed by atoms with Crippen LogP contribution < -0.4 is 4.57 Å². The van der Waals surface area contributed by atoms with Gasteiger partial charge in [-0.15, -0.1) is 0 Å². The second kappa shape index (κ2) is 4.49. The number of carbonyl (C=O) groups is 1. The van der Waals surface area contributed by atoms with Gasteiger partial charge in [-0.2, -0.15) is 0 Å². The molecule has 2 bridgehead atoms. The lowest BCUT2D eigenvalue weighted by Crippen LogP contribution is -2.60. The van der Waals surface area contributed by atoms with E-state index in [1.54, 1.807) is 0 Å². The first-order valence-corrected chi connectivity index (χ1v) is 7.26. The molecular formula is C13H15ClN5O+. The Bertz CT molecular complexity index is 676. The molecule has 3 aliphatic rings. The van der Waals surface area contributed by atoms with E-state index in [9.17, 15) is 4.79 Å². The number of rotatable bonds is 2. The minimum absolute atomic E-state index is 0.0276. The van der Waals surface area contributed by atoms with E-state index in [0.717, 1.165) is 37.1 Å². The zero-order valence-corrected chi connectivity index (χ0v) is 11.7. The van der Waals surface area contributed by atoms with Crippen LogP contribution in [0, 0.1) is 5.92 Å². The number of hydrogen-bond donors (Lipinski definition) is 1. The molecule has 0 aromatic carbocycles. The third-order valence-electron chi connectivity index (χ3n) is 4.49. The molecule has 2 aromatic heterocycles. The van der Waals surface area contributed by atoms with E-state index in [2.05, 4.69) is 19.9 Å². The summed E-state index contributed by atoms with van der Waals surface area (Å²) < 4.78 is 1.96. The van der Waals surface area contributed by atoms with E-state index in [1.807, 2.05) is 10.9 Å². The van der Waals surface area contributed by atoms with Crippen molar-refractivity contribution < 1.29 is 9.36 Å². The number of ketones is 1. The van der Waals surface area contributed by atoms with Crippen LogP contribution in [0.2, 0.25) is 5.15 Å². The number of piperidine rings is 3. The zero-order valence-electron chi connectivity index (χ0n) is 10.9. The van der Waals surface area contributed by atoms with E-state index in [-0.39, 0.29) is 12.0 Å². The molecule has 1 unspecified atom stereocenters. The van der Waals surface area contributed by atoms with Crippen LogP contribution in [0.1, 0.15) is 12.8 Å². The Hall–Kier alpha value is -1.53. The third kappa shape index (κ3) is 1.75. The van der Waals surface area contributed by atoms with Crippen molar-refractivity contribution in [3.05, 3.63) is 17.8 Å². The molecular weight excluding hydrogens is 278 g/mol. The fourth-order valence-electron chi connectivity index (χ4n) is 3.38. The average Bonchev–Trinajstić information content (AvgIpc) is 2.88. The van der Waals surface area contributed by atoms with E-state index in [0.29, 0.717) is 17.5 Å². The van der Waals surface area contributed by atoms with Gasteiger partial charge in [0.25, 0.3) is 0 Å². The number of fused-ring (bicyclic) bond motifs is 4. The van der Waals surface area contributed by atoms with Gasteiger partial charge in [-0.25, -0.2) is 9.55 Å². The number of aromatic nitrogens is 4. The van der Waals surface area contributed by atoms with Crippen LogP contribution in [0.3, 0.4) is 0 Å². The summed E-state index contributed by atoms with van der Waals surface area (Å²) in [5.41, 5.74) is 1.47. The molecule has 5 heterocycles. The Morgan fingerprint density at radius 2 is 2.20 bits per heavy atom. The SMILES string of the molecule is O=C1C2CCN(CC2)C1C[n+]1c[nH]c2c(Cl)ncnc21. The Morgan fingerprint density at radius 3 is 2.95 bits per heavy atom. The van der Waals surface area contributed by atoms with Gasteiger partial charge in [-0.1, -0.05) is 16.6 Å². The van der Waals surface area contributed by atoms with E-state index < -0.39 is 0 Å². The zero-order chi connectivity index (χ0) is 13.7. The van der Waals surface area contributed by atoms with Crippen molar-refractivity contribution >= 4 is 28.5 Å². The minimum Gasteiger partial charge on any atom is -0.297 e. The molecule has 6 nitrogen and oxygen atoms in total. The summed E-state index contributed by atoms with van der Waals surface area (Å²) in [6.45, 7) is 2.68. The summed E-state index contributed by atoms with van der Waals surface area (Å²) in [6.07, 6.45) is 5.30.